The van der Waals surface area contributed by atoms with Crippen LogP contribution in [-0.4, -0.2) is 62.5 Å². The number of rotatable bonds is 8. The third-order valence-electron chi connectivity index (χ3n) is 6.28. The van der Waals surface area contributed by atoms with E-state index in [0.717, 1.165) is 29.9 Å². The molecule has 35 heavy (non-hydrogen) atoms. The van der Waals surface area contributed by atoms with E-state index in [9.17, 15) is 22.8 Å². The number of likely N-dealkylation sites (tertiary alicyclic amines) is 1. The fourth-order valence-corrected chi connectivity index (χ4v) is 4.36. The van der Waals surface area contributed by atoms with Crippen molar-refractivity contribution < 1.29 is 41.7 Å². The molecule has 0 bridgehead atoms. The Morgan fingerprint density at radius 3 is 2.34 bits per heavy atom. The number of esters is 2. The lowest BCUT2D eigenvalue weighted by Crippen LogP contribution is -2.44. The molecule has 0 amide bonds. The van der Waals surface area contributed by atoms with Gasteiger partial charge in [-0.05, 0) is 44.1 Å². The number of carbonyl (C=O) groups excluding carboxylic acids is 2. The van der Waals surface area contributed by atoms with E-state index in [1.54, 1.807) is 0 Å². The van der Waals surface area contributed by atoms with Crippen LogP contribution in [0.3, 0.4) is 0 Å². The van der Waals surface area contributed by atoms with Gasteiger partial charge in [0.1, 0.15) is 30.5 Å². The van der Waals surface area contributed by atoms with E-state index in [0.29, 0.717) is 38.7 Å². The van der Waals surface area contributed by atoms with Crippen LogP contribution in [0.25, 0.3) is 0 Å². The predicted octanol–water partition coefficient (Wildman–Crippen LogP) is 3.89. The summed E-state index contributed by atoms with van der Waals surface area (Å²) < 4.78 is 57.8. The number of hydrogen-bond acceptors (Lipinski definition) is 7. The van der Waals surface area contributed by atoms with Gasteiger partial charge < -0.3 is 23.8 Å². The fraction of sp³-hybridized carbons (Fsp3) is 0.440. The van der Waals surface area contributed by atoms with Crippen molar-refractivity contribution in [1.82, 2.24) is 4.90 Å². The maximum atomic E-state index is 12.2. The van der Waals surface area contributed by atoms with Crippen molar-refractivity contribution in [2.75, 3.05) is 39.5 Å². The number of nitrogens with zero attached hydrogens (tertiary/aromatic N) is 1. The molecule has 1 spiro atoms. The minimum absolute atomic E-state index is 0.145. The zero-order chi connectivity index (χ0) is 24.9. The Hall–Kier alpha value is -3.27. The second-order valence-corrected chi connectivity index (χ2v) is 8.59. The van der Waals surface area contributed by atoms with E-state index in [1.807, 2.05) is 53.4 Å². The van der Waals surface area contributed by atoms with Gasteiger partial charge in [-0.1, -0.05) is 24.3 Å². The van der Waals surface area contributed by atoms with Gasteiger partial charge in [-0.2, -0.15) is 13.2 Å². The number of ether oxygens (including phenoxy) is 4. The molecule has 10 heteroatoms. The summed E-state index contributed by atoms with van der Waals surface area (Å²) in [4.78, 5) is 24.3. The first-order valence-corrected chi connectivity index (χ1v) is 11.4. The van der Waals surface area contributed by atoms with Crippen LogP contribution >= 0.6 is 0 Å². The Morgan fingerprint density at radius 2 is 1.66 bits per heavy atom. The third kappa shape index (κ3) is 6.25. The fourth-order valence-electron chi connectivity index (χ4n) is 4.36. The van der Waals surface area contributed by atoms with E-state index >= 15 is 0 Å². The standard InChI is InChI=1S/C25H26F3NO6/c26-25(27,28)23(31)35-22(30)8-11-29-12-9-24(10-13-29)17-34-21-16-19(6-7-20(21)24)33-15-14-32-18-4-2-1-3-5-18/h1-7,16H,8-15,17H2. The summed E-state index contributed by atoms with van der Waals surface area (Å²) in [5.74, 6) is -1.39. The van der Waals surface area contributed by atoms with Crippen molar-refractivity contribution in [2.45, 2.75) is 30.9 Å². The molecule has 4 rings (SSSR count). The van der Waals surface area contributed by atoms with Crippen LogP contribution in [0.1, 0.15) is 24.8 Å². The molecule has 1 fully saturated rings. The van der Waals surface area contributed by atoms with Crippen LogP contribution in [0.15, 0.2) is 48.5 Å². The average Bonchev–Trinajstić information content (AvgIpc) is 3.19. The minimum atomic E-state index is -5.18. The highest BCUT2D eigenvalue weighted by Gasteiger charge is 2.44. The number of fused-ring (bicyclic) bond motifs is 2. The van der Waals surface area contributed by atoms with Gasteiger partial charge in [0.05, 0.1) is 13.0 Å². The van der Waals surface area contributed by atoms with Gasteiger partial charge in [-0.15, -0.1) is 0 Å². The van der Waals surface area contributed by atoms with E-state index < -0.39 is 18.1 Å². The average molecular weight is 493 g/mol. The molecule has 0 unspecified atom stereocenters. The predicted molar refractivity (Wildman–Crippen MR) is 118 cm³/mol. The Kier molecular flexibility index (Phi) is 7.49. The molecule has 0 aromatic heterocycles. The number of hydrogen-bond donors (Lipinski definition) is 0. The molecule has 2 aliphatic rings. The Morgan fingerprint density at radius 1 is 0.971 bits per heavy atom. The smallest absolute Gasteiger partial charge is 0.491 e. The molecular formula is C25H26F3NO6. The van der Waals surface area contributed by atoms with E-state index in [1.165, 1.54) is 0 Å². The van der Waals surface area contributed by atoms with Crippen molar-refractivity contribution in [3.05, 3.63) is 54.1 Å². The Labute approximate surface area is 200 Å². The highest BCUT2D eigenvalue weighted by molar-refractivity contribution is 5.88. The van der Waals surface area contributed by atoms with Crippen LogP contribution in [0, 0.1) is 0 Å². The van der Waals surface area contributed by atoms with Gasteiger partial charge in [0.2, 0.25) is 0 Å². The van der Waals surface area contributed by atoms with Crippen molar-refractivity contribution in [2.24, 2.45) is 0 Å². The first-order valence-electron chi connectivity index (χ1n) is 11.4. The molecule has 2 aromatic carbocycles. The Bertz CT molecular complexity index is 1040. The van der Waals surface area contributed by atoms with Crippen molar-refractivity contribution in [3.8, 4) is 17.2 Å². The third-order valence-corrected chi connectivity index (χ3v) is 6.28. The summed E-state index contributed by atoms with van der Waals surface area (Å²) in [6.07, 6.45) is -3.90. The van der Waals surface area contributed by atoms with Crippen LogP contribution in [0.5, 0.6) is 17.2 Å². The van der Waals surface area contributed by atoms with Gasteiger partial charge in [-0.25, -0.2) is 4.79 Å². The molecule has 188 valence electrons. The second kappa shape index (κ2) is 10.6. The zero-order valence-electron chi connectivity index (χ0n) is 19.0. The minimum Gasteiger partial charge on any atom is -0.492 e. The SMILES string of the molecule is O=C(CCN1CCC2(CC1)COc1cc(OCCOc3ccccc3)ccc12)OC(=O)C(F)(F)F. The molecule has 2 heterocycles. The van der Waals surface area contributed by atoms with Gasteiger partial charge in [0, 0.05) is 23.6 Å². The summed E-state index contributed by atoms with van der Waals surface area (Å²) in [5, 5.41) is 0. The van der Waals surface area contributed by atoms with Crippen LogP contribution in [0.2, 0.25) is 0 Å². The molecule has 0 atom stereocenters. The monoisotopic (exact) mass is 493 g/mol. The molecule has 0 radical (unpaired) electrons. The largest absolute Gasteiger partial charge is 0.492 e. The highest BCUT2D eigenvalue weighted by atomic mass is 19.4. The van der Waals surface area contributed by atoms with Gasteiger partial charge in [0.15, 0.2) is 0 Å². The van der Waals surface area contributed by atoms with Gasteiger partial charge in [0.25, 0.3) is 0 Å². The maximum Gasteiger partial charge on any atom is 0.491 e. The molecule has 2 aromatic rings. The van der Waals surface area contributed by atoms with Crippen LogP contribution in [-0.2, 0) is 19.7 Å². The number of piperidine rings is 1. The molecule has 0 N–H and O–H groups in total. The summed E-state index contributed by atoms with van der Waals surface area (Å²) in [7, 11) is 0. The van der Waals surface area contributed by atoms with Crippen LogP contribution < -0.4 is 14.2 Å². The number of carbonyl (C=O) groups is 2. The Balaban J connectivity index is 1.23. The summed E-state index contributed by atoms with van der Waals surface area (Å²) in [6.45, 7) is 2.88. The number of halogens is 3. The maximum absolute atomic E-state index is 12.2. The van der Waals surface area contributed by atoms with E-state index in [4.69, 9.17) is 14.2 Å². The lowest BCUT2D eigenvalue weighted by Gasteiger charge is -2.38. The topological polar surface area (TPSA) is 74.3 Å². The molecule has 0 saturated carbocycles. The van der Waals surface area contributed by atoms with Crippen molar-refractivity contribution in [3.63, 3.8) is 0 Å². The first kappa shape index (κ1) is 24.8. The second-order valence-electron chi connectivity index (χ2n) is 8.59. The number of para-hydroxylation sites is 1. The molecule has 0 aliphatic carbocycles. The highest BCUT2D eigenvalue weighted by Crippen LogP contribution is 2.46. The van der Waals surface area contributed by atoms with Crippen molar-refractivity contribution >= 4 is 11.9 Å². The van der Waals surface area contributed by atoms with E-state index in [-0.39, 0.29) is 18.4 Å². The number of benzene rings is 2. The first-order chi connectivity index (χ1) is 16.7. The number of alkyl halides is 3. The van der Waals surface area contributed by atoms with Crippen molar-refractivity contribution in [1.29, 1.82) is 0 Å². The molecular weight excluding hydrogens is 467 g/mol. The van der Waals surface area contributed by atoms with Crippen LogP contribution in [0.4, 0.5) is 13.2 Å². The van der Waals surface area contributed by atoms with Gasteiger partial charge >= 0.3 is 18.1 Å². The lowest BCUT2D eigenvalue weighted by molar-refractivity contribution is -0.201. The normalized spacial score (nSPS) is 16.9. The molecule has 7 nitrogen and oxygen atoms in total. The summed E-state index contributed by atoms with van der Waals surface area (Å²) >= 11 is 0. The van der Waals surface area contributed by atoms with Gasteiger partial charge in [-0.3, -0.25) is 4.79 Å². The summed E-state index contributed by atoms with van der Waals surface area (Å²) in [6, 6.07) is 15.3. The molecule has 2 aliphatic heterocycles. The van der Waals surface area contributed by atoms with E-state index in [2.05, 4.69) is 4.74 Å². The zero-order valence-corrected chi connectivity index (χ0v) is 19.0. The quantitative estimate of drug-likeness (QED) is 0.314. The lowest BCUT2D eigenvalue weighted by atomic mass is 9.74. The molecule has 1 saturated heterocycles. The summed E-state index contributed by atoms with van der Waals surface area (Å²) in [5.41, 5.74) is 0.966.